The molecule has 8 nitrogen and oxygen atoms in total. The first kappa shape index (κ1) is 28.3. The topological polar surface area (TPSA) is 105 Å². The Morgan fingerprint density at radius 1 is 0.513 bits per heavy atom. The van der Waals surface area contributed by atoms with Gasteiger partial charge in [0.25, 0.3) is 0 Å². The highest BCUT2D eigenvalue weighted by Crippen LogP contribution is 2.30. The summed E-state index contributed by atoms with van der Waals surface area (Å²) in [5, 5.41) is 0. The summed E-state index contributed by atoms with van der Waals surface area (Å²) >= 11 is 0. The van der Waals surface area contributed by atoms with Gasteiger partial charge in [-0.05, 0) is 80.4 Å². The molecule has 3 aromatic carbocycles. The van der Waals surface area contributed by atoms with E-state index in [9.17, 15) is 19.2 Å². The van der Waals surface area contributed by atoms with Gasteiger partial charge in [-0.1, -0.05) is 37.9 Å². The average Bonchev–Trinajstić information content (AvgIpc) is 2.89. The van der Waals surface area contributed by atoms with E-state index in [0.29, 0.717) is 16.9 Å². The third-order valence-electron chi connectivity index (χ3n) is 5.09. The van der Waals surface area contributed by atoms with Crippen molar-refractivity contribution in [2.45, 2.75) is 20.8 Å². The maximum Gasteiger partial charge on any atom is 0.347 e. The van der Waals surface area contributed by atoms with Crippen molar-refractivity contribution in [2.24, 2.45) is 0 Å². The number of carbonyl (C=O) groups is 4. The third-order valence-corrected chi connectivity index (χ3v) is 5.09. The van der Waals surface area contributed by atoms with E-state index in [4.69, 9.17) is 18.9 Å². The highest BCUT2D eigenvalue weighted by molar-refractivity contribution is 5.97. The van der Waals surface area contributed by atoms with Crippen LogP contribution < -0.4 is 18.9 Å². The minimum absolute atomic E-state index is 0.00172. The quantitative estimate of drug-likeness (QED) is 0.189. The van der Waals surface area contributed by atoms with E-state index in [0.717, 1.165) is 0 Å². The molecule has 0 atom stereocenters. The molecule has 0 aliphatic heterocycles. The number of hydrogen-bond donors (Lipinski definition) is 0. The molecule has 0 saturated carbocycles. The van der Waals surface area contributed by atoms with Gasteiger partial charge in [0.15, 0.2) is 0 Å². The monoisotopic (exact) mass is 526 g/mol. The van der Waals surface area contributed by atoms with Crippen molar-refractivity contribution in [3.8, 4) is 34.1 Å². The number of rotatable bonds is 9. The van der Waals surface area contributed by atoms with E-state index < -0.39 is 23.9 Å². The van der Waals surface area contributed by atoms with Gasteiger partial charge in [-0.25, -0.2) is 19.2 Å². The standard InChI is InChI=1S/C31H26O8/c1-18(2)28(32)36-23-10-7-21(8-11-23)22-9-16-26(27(17-22)39-30(34)20(5)6)31(35)38-25-14-12-24(13-15-25)37-29(33)19(3)4/h7-17H,1,3,5H2,2,4,6H3. The van der Waals surface area contributed by atoms with Crippen LogP contribution in [-0.2, 0) is 14.4 Å². The normalized spacial score (nSPS) is 10.1. The molecule has 0 aliphatic rings. The predicted molar refractivity (Wildman–Crippen MR) is 145 cm³/mol. The van der Waals surface area contributed by atoms with E-state index in [2.05, 4.69) is 19.7 Å². The van der Waals surface area contributed by atoms with E-state index >= 15 is 0 Å². The Labute approximate surface area is 225 Å². The molecule has 0 amide bonds. The molecule has 0 saturated heterocycles. The second kappa shape index (κ2) is 12.3. The van der Waals surface area contributed by atoms with Crippen LogP contribution in [0, 0.1) is 0 Å². The first-order valence-corrected chi connectivity index (χ1v) is 11.6. The summed E-state index contributed by atoms with van der Waals surface area (Å²) in [6.07, 6.45) is 0. The van der Waals surface area contributed by atoms with Crippen molar-refractivity contribution in [3.05, 3.63) is 109 Å². The molecule has 0 N–H and O–H groups in total. The van der Waals surface area contributed by atoms with Gasteiger partial charge in [0.05, 0.1) is 0 Å². The van der Waals surface area contributed by atoms with Crippen molar-refractivity contribution in [2.75, 3.05) is 0 Å². The Balaban J connectivity index is 1.85. The van der Waals surface area contributed by atoms with Crippen molar-refractivity contribution in [1.82, 2.24) is 0 Å². The van der Waals surface area contributed by atoms with Crippen molar-refractivity contribution in [3.63, 3.8) is 0 Å². The molecule has 0 spiro atoms. The summed E-state index contributed by atoms with van der Waals surface area (Å²) in [5.41, 5.74) is 1.98. The zero-order chi connectivity index (χ0) is 28.7. The van der Waals surface area contributed by atoms with E-state index in [-0.39, 0.29) is 39.5 Å². The maximum atomic E-state index is 13.0. The van der Waals surface area contributed by atoms with Gasteiger partial charge in [-0.15, -0.1) is 0 Å². The molecule has 0 aromatic heterocycles. The molecule has 0 fully saturated rings. The van der Waals surface area contributed by atoms with Gasteiger partial charge in [0.1, 0.15) is 28.6 Å². The zero-order valence-corrected chi connectivity index (χ0v) is 21.7. The molecular formula is C31H26O8. The highest BCUT2D eigenvalue weighted by Gasteiger charge is 2.20. The Bertz CT molecular complexity index is 1480. The summed E-state index contributed by atoms with van der Waals surface area (Å²) in [6.45, 7) is 15.2. The zero-order valence-electron chi connectivity index (χ0n) is 21.7. The second-order valence-corrected chi connectivity index (χ2v) is 8.61. The lowest BCUT2D eigenvalue weighted by atomic mass is 10.0. The summed E-state index contributed by atoms with van der Waals surface area (Å²) in [5.74, 6) is -1.88. The number of carbonyl (C=O) groups excluding carboxylic acids is 4. The molecule has 0 aliphatic carbocycles. The summed E-state index contributed by atoms with van der Waals surface area (Å²) in [7, 11) is 0. The van der Waals surface area contributed by atoms with Crippen LogP contribution in [0.5, 0.6) is 23.0 Å². The lowest BCUT2D eigenvalue weighted by molar-refractivity contribution is -0.131. The van der Waals surface area contributed by atoms with E-state index in [1.807, 2.05) is 0 Å². The lowest BCUT2D eigenvalue weighted by Gasteiger charge is -2.13. The lowest BCUT2D eigenvalue weighted by Crippen LogP contribution is -2.15. The fourth-order valence-corrected chi connectivity index (χ4v) is 2.98. The first-order valence-electron chi connectivity index (χ1n) is 11.6. The van der Waals surface area contributed by atoms with Crippen LogP contribution in [0.25, 0.3) is 11.1 Å². The highest BCUT2D eigenvalue weighted by atomic mass is 16.6. The Morgan fingerprint density at radius 2 is 0.897 bits per heavy atom. The fourth-order valence-electron chi connectivity index (χ4n) is 2.98. The average molecular weight is 527 g/mol. The predicted octanol–water partition coefficient (Wildman–Crippen LogP) is 6.02. The van der Waals surface area contributed by atoms with Crippen LogP contribution in [0.3, 0.4) is 0 Å². The molecule has 0 bridgehead atoms. The molecular weight excluding hydrogens is 500 g/mol. The maximum absolute atomic E-state index is 13.0. The second-order valence-electron chi connectivity index (χ2n) is 8.61. The van der Waals surface area contributed by atoms with Crippen LogP contribution >= 0.6 is 0 Å². The minimum Gasteiger partial charge on any atom is -0.423 e. The van der Waals surface area contributed by atoms with Gasteiger partial charge in [-0.2, -0.15) is 0 Å². The summed E-state index contributed by atoms with van der Waals surface area (Å²) in [4.78, 5) is 48.7. The molecule has 8 heteroatoms. The fraction of sp³-hybridized carbons (Fsp3) is 0.0968. The molecule has 0 radical (unpaired) electrons. The molecule has 198 valence electrons. The van der Waals surface area contributed by atoms with Crippen LogP contribution in [0.4, 0.5) is 0 Å². The van der Waals surface area contributed by atoms with Gasteiger partial charge in [-0.3, -0.25) is 0 Å². The summed E-state index contributed by atoms with van der Waals surface area (Å²) in [6, 6.07) is 17.1. The van der Waals surface area contributed by atoms with Gasteiger partial charge in [0.2, 0.25) is 0 Å². The Morgan fingerprint density at radius 3 is 1.36 bits per heavy atom. The van der Waals surface area contributed by atoms with Crippen LogP contribution in [0.1, 0.15) is 31.1 Å². The first-order chi connectivity index (χ1) is 18.4. The molecule has 39 heavy (non-hydrogen) atoms. The number of benzene rings is 3. The Kier molecular flexibility index (Phi) is 8.96. The number of esters is 4. The van der Waals surface area contributed by atoms with E-state index in [1.54, 1.807) is 37.3 Å². The number of ether oxygens (including phenoxy) is 4. The Hall–Kier alpha value is -5.24. The van der Waals surface area contributed by atoms with Gasteiger partial charge >= 0.3 is 23.9 Å². The molecule has 0 unspecified atom stereocenters. The third kappa shape index (κ3) is 7.62. The molecule has 0 heterocycles. The largest absolute Gasteiger partial charge is 0.423 e. The van der Waals surface area contributed by atoms with Crippen LogP contribution in [0.15, 0.2) is 103 Å². The van der Waals surface area contributed by atoms with Crippen molar-refractivity contribution < 1.29 is 38.1 Å². The van der Waals surface area contributed by atoms with E-state index in [1.165, 1.54) is 50.2 Å². The molecule has 3 aromatic rings. The molecule has 3 rings (SSSR count). The van der Waals surface area contributed by atoms with Crippen LogP contribution in [-0.4, -0.2) is 23.9 Å². The van der Waals surface area contributed by atoms with Gasteiger partial charge in [0, 0.05) is 16.7 Å². The van der Waals surface area contributed by atoms with Crippen LogP contribution in [0.2, 0.25) is 0 Å². The van der Waals surface area contributed by atoms with Crippen molar-refractivity contribution >= 4 is 23.9 Å². The minimum atomic E-state index is -0.778. The smallest absolute Gasteiger partial charge is 0.347 e. The summed E-state index contributed by atoms with van der Waals surface area (Å²) < 4.78 is 21.2. The number of hydrogen-bond acceptors (Lipinski definition) is 8. The SMILES string of the molecule is C=C(C)C(=O)Oc1ccc(OC(=O)c2ccc(-c3ccc(OC(=O)C(=C)C)cc3)cc2OC(=O)C(=C)C)cc1. The van der Waals surface area contributed by atoms with Crippen molar-refractivity contribution in [1.29, 1.82) is 0 Å². The van der Waals surface area contributed by atoms with Gasteiger partial charge < -0.3 is 18.9 Å².